The number of nitrogens with one attached hydrogen (secondary N) is 2. The maximum absolute atomic E-state index is 12.6. The third-order valence-electron chi connectivity index (χ3n) is 4.85. The van der Waals surface area contributed by atoms with E-state index in [1.165, 1.54) is 0 Å². The Balaban J connectivity index is 1.98. The van der Waals surface area contributed by atoms with Crippen molar-refractivity contribution in [2.45, 2.75) is 51.5 Å². The van der Waals surface area contributed by atoms with E-state index in [2.05, 4.69) is 17.6 Å². The van der Waals surface area contributed by atoms with Gasteiger partial charge in [0, 0.05) is 18.5 Å². The molecule has 0 heterocycles. The largest absolute Gasteiger partial charge is 0.481 e. The summed E-state index contributed by atoms with van der Waals surface area (Å²) in [6.45, 7) is 2.63. The number of carboxylic acids is 1. The summed E-state index contributed by atoms with van der Waals surface area (Å²) in [6.07, 6.45) is 3.95. The van der Waals surface area contributed by atoms with Crippen molar-refractivity contribution in [3.05, 3.63) is 60.2 Å². The summed E-state index contributed by atoms with van der Waals surface area (Å²) in [6, 6.07) is 16.0. The molecular formula is C24H30N2O4. The summed E-state index contributed by atoms with van der Waals surface area (Å²) in [5.41, 5.74) is 2.45. The predicted octanol–water partition coefficient (Wildman–Crippen LogP) is 4.01. The number of carbonyl (C=O) groups is 3. The van der Waals surface area contributed by atoms with Crippen molar-refractivity contribution in [3.8, 4) is 11.1 Å². The number of rotatable bonds is 12. The maximum atomic E-state index is 12.6. The second-order valence-corrected chi connectivity index (χ2v) is 7.25. The zero-order valence-corrected chi connectivity index (χ0v) is 17.4. The molecule has 2 aromatic carbocycles. The highest BCUT2D eigenvalue weighted by Crippen LogP contribution is 2.19. The van der Waals surface area contributed by atoms with Gasteiger partial charge in [0.1, 0.15) is 6.04 Å². The minimum absolute atomic E-state index is 0.0456. The van der Waals surface area contributed by atoms with Gasteiger partial charge >= 0.3 is 5.97 Å². The number of benzene rings is 2. The molecule has 2 rings (SSSR count). The Morgan fingerprint density at radius 3 is 2.20 bits per heavy atom. The molecule has 6 heteroatoms. The van der Waals surface area contributed by atoms with Crippen molar-refractivity contribution < 1.29 is 19.5 Å². The molecule has 0 spiro atoms. The lowest BCUT2D eigenvalue weighted by Gasteiger charge is -2.18. The lowest BCUT2D eigenvalue weighted by molar-refractivity contribution is -0.137. The Morgan fingerprint density at radius 1 is 0.900 bits per heavy atom. The minimum atomic E-state index is -1.00. The molecular weight excluding hydrogens is 380 g/mol. The van der Waals surface area contributed by atoms with E-state index in [4.69, 9.17) is 5.11 Å². The SMILES string of the molecule is CCCCCCNC(=O)[C@H](CCC(=O)O)NC(=O)c1ccc(-c2ccccc2)cc1. The Morgan fingerprint density at radius 2 is 1.57 bits per heavy atom. The molecule has 0 radical (unpaired) electrons. The van der Waals surface area contributed by atoms with Crippen molar-refractivity contribution in [2.24, 2.45) is 0 Å². The first-order valence-corrected chi connectivity index (χ1v) is 10.5. The quantitative estimate of drug-likeness (QED) is 0.461. The van der Waals surface area contributed by atoms with E-state index in [-0.39, 0.29) is 18.7 Å². The van der Waals surface area contributed by atoms with Crippen molar-refractivity contribution >= 4 is 17.8 Å². The van der Waals surface area contributed by atoms with E-state index < -0.39 is 17.9 Å². The van der Waals surface area contributed by atoms with Gasteiger partial charge in [0.2, 0.25) is 5.91 Å². The molecule has 6 nitrogen and oxygen atoms in total. The second kappa shape index (κ2) is 12.4. The van der Waals surface area contributed by atoms with Crippen LogP contribution in [0.25, 0.3) is 11.1 Å². The van der Waals surface area contributed by atoms with Crippen LogP contribution >= 0.6 is 0 Å². The van der Waals surface area contributed by atoms with Crippen molar-refractivity contribution in [1.82, 2.24) is 10.6 Å². The third kappa shape index (κ3) is 7.70. The molecule has 160 valence electrons. The number of carbonyl (C=O) groups excluding carboxylic acids is 2. The van der Waals surface area contributed by atoms with Gasteiger partial charge in [-0.1, -0.05) is 68.7 Å². The Kier molecular flexibility index (Phi) is 9.58. The van der Waals surface area contributed by atoms with E-state index in [0.29, 0.717) is 12.1 Å². The molecule has 0 aliphatic rings. The van der Waals surface area contributed by atoms with Gasteiger partial charge < -0.3 is 15.7 Å². The number of carboxylic acid groups (broad SMARTS) is 1. The molecule has 3 N–H and O–H groups in total. The highest BCUT2D eigenvalue weighted by molar-refractivity contribution is 5.98. The predicted molar refractivity (Wildman–Crippen MR) is 117 cm³/mol. The Bertz CT molecular complexity index is 819. The first-order chi connectivity index (χ1) is 14.5. The molecule has 0 saturated heterocycles. The van der Waals surface area contributed by atoms with Crippen LogP contribution in [0, 0.1) is 0 Å². The highest BCUT2D eigenvalue weighted by atomic mass is 16.4. The summed E-state index contributed by atoms with van der Waals surface area (Å²) >= 11 is 0. The average molecular weight is 411 g/mol. The molecule has 0 aliphatic carbocycles. The monoisotopic (exact) mass is 410 g/mol. The lowest BCUT2D eigenvalue weighted by atomic mass is 10.0. The lowest BCUT2D eigenvalue weighted by Crippen LogP contribution is -2.47. The van der Waals surface area contributed by atoms with Gasteiger partial charge in [-0.05, 0) is 36.1 Å². The van der Waals surface area contributed by atoms with Crippen LogP contribution in [0.4, 0.5) is 0 Å². The highest BCUT2D eigenvalue weighted by Gasteiger charge is 2.22. The van der Waals surface area contributed by atoms with E-state index >= 15 is 0 Å². The van der Waals surface area contributed by atoms with Crippen LogP contribution in [0.1, 0.15) is 55.8 Å². The molecule has 1 atom stereocenters. The molecule has 0 bridgehead atoms. The van der Waals surface area contributed by atoms with Crippen LogP contribution in [-0.2, 0) is 9.59 Å². The topological polar surface area (TPSA) is 95.5 Å². The summed E-state index contributed by atoms with van der Waals surface area (Å²) in [5, 5.41) is 14.5. The normalized spacial score (nSPS) is 11.5. The van der Waals surface area contributed by atoms with Gasteiger partial charge in [-0.15, -0.1) is 0 Å². The van der Waals surface area contributed by atoms with Crippen LogP contribution in [0.3, 0.4) is 0 Å². The number of unbranched alkanes of at least 4 members (excludes halogenated alkanes) is 3. The van der Waals surface area contributed by atoms with Crippen LogP contribution in [0.15, 0.2) is 54.6 Å². The minimum Gasteiger partial charge on any atom is -0.481 e. The van der Waals surface area contributed by atoms with E-state index in [0.717, 1.165) is 36.8 Å². The zero-order valence-electron chi connectivity index (χ0n) is 17.4. The fourth-order valence-electron chi connectivity index (χ4n) is 3.11. The van der Waals surface area contributed by atoms with E-state index in [1.807, 2.05) is 42.5 Å². The molecule has 0 unspecified atom stereocenters. The van der Waals surface area contributed by atoms with E-state index in [9.17, 15) is 14.4 Å². The molecule has 0 aliphatic heterocycles. The average Bonchev–Trinajstić information content (AvgIpc) is 2.76. The van der Waals surface area contributed by atoms with Gasteiger partial charge in [-0.25, -0.2) is 0 Å². The van der Waals surface area contributed by atoms with Crippen LogP contribution < -0.4 is 10.6 Å². The molecule has 2 amide bonds. The van der Waals surface area contributed by atoms with Crippen molar-refractivity contribution in [3.63, 3.8) is 0 Å². The second-order valence-electron chi connectivity index (χ2n) is 7.25. The van der Waals surface area contributed by atoms with Crippen molar-refractivity contribution in [2.75, 3.05) is 6.54 Å². The first-order valence-electron chi connectivity index (χ1n) is 10.5. The smallest absolute Gasteiger partial charge is 0.303 e. The van der Waals surface area contributed by atoms with E-state index in [1.54, 1.807) is 12.1 Å². The van der Waals surface area contributed by atoms with Gasteiger partial charge in [-0.3, -0.25) is 14.4 Å². The van der Waals surface area contributed by atoms with Gasteiger partial charge in [-0.2, -0.15) is 0 Å². The first kappa shape index (κ1) is 23.1. The molecule has 0 fully saturated rings. The van der Waals surface area contributed by atoms with Gasteiger partial charge in [0.15, 0.2) is 0 Å². The standard InChI is InChI=1S/C24H30N2O4/c1-2-3-4-8-17-25-24(30)21(15-16-22(27)28)26-23(29)20-13-11-19(12-14-20)18-9-6-5-7-10-18/h5-7,9-14,21H,2-4,8,15-17H2,1H3,(H,25,30)(H,26,29)(H,27,28)/t21-/m0/s1. The summed E-state index contributed by atoms with van der Waals surface area (Å²) in [7, 11) is 0. The molecule has 0 aromatic heterocycles. The van der Waals surface area contributed by atoms with Crippen molar-refractivity contribution in [1.29, 1.82) is 0 Å². The van der Waals surface area contributed by atoms with Gasteiger partial charge in [0.25, 0.3) is 5.91 Å². The summed E-state index contributed by atoms with van der Waals surface area (Å²) in [4.78, 5) is 36.0. The zero-order chi connectivity index (χ0) is 21.8. The Labute approximate surface area is 177 Å². The summed E-state index contributed by atoms with van der Waals surface area (Å²) < 4.78 is 0. The molecule has 30 heavy (non-hydrogen) atoms. The number of amides is 2. The fourth-order valence-corrected chi connectivity index (χ4v) is 3.11. The van der Waals surface area contributed by atoms with Crippen LogP contribution in [0.5, 0.6) is 0 Å². The number of aliphatic carboxylic acids is 1. The maximum Gasteiger partial charge on any atom is 0.303 e. The molecule has 0 saturated carbocycles. The third-order valence-corrected chi connectivity index (χ3v) is 4.85. The fraction of sp³-hybridized carbons (Fsp3) is 0.375. The van der Waals surface area contributed by atoms with Crippen LogP contribution in [0.2, 0.25) is 0 Å². The number of hydrogen-bond donors (Lipinski definition) is 3. The number of hydrogen-bond acceptors (Lipinski definition) is 3. The Hall–Kier alpha value is -3.15. The summed E-state index contributed by atoms with van der Waals surface area (Å²) in [5.74, 6) is -1.75. The molecule has 2 aromatic rings. The van der Waals surface area contributed by atoms with Gasteiger partial charge in [0.05, 0.1) is 0 Å². The van der Waals surface area contributed by atoms with Crippen LogP contribution in [-0.4, -0.2) is 35.5 Å².